The fourth-order valence-electron chi connectivity index (χ4n) is 10.2. The number of likely N-dealkylation sites (tertiary alicyclic amines) is 2. The standard InChI is InChI=1S/C29H32N4O4.C26H35N5O4.2ClH/c1-4-23-26(30-28(35)25(27(23)34)29(36)37)19-10-11-24-20(12-19)13-21(32(24)3)15-33-16-22(17-33)31(2)14-18-8-6-5-7-9-18;1-6-20-23(27-25(33)22(24(20)32)26(34)35)16-7-8-21-17(11-16)12-18(30(21)5)13-31-14-19(15-31)29(4)10-9-28(2)3;;/h5-13,22H,4,14-17H2,1-3H3,(H,36,37)(H2,30,34,35);7-8,11-12,19H,6,9-10,13-15H2,1-5H3,(H,34,35)(H2,27,32,33);2*1H. The highest BCUT2D eigenvalue weighted by molar-refractivity contribution is 5.94. The number of carboxylic acids is 2. The second kappa shape index (κ2) is 23.8. The third-order valence-corrected chi connectivity index (χ3v) is 14.6. The molecule has 74 heavy (non-hydrogen) atoms. The number of nitrogens with zero attached hydrogens (tertiary/aromatic N) is 7. The highest BCUT2D eigenvalue weighted by atomic mass is 35.5. The van der Waals surface area contributed by atoms with Crippen molar-refractivity contribution in [3.63, 3.8) is 0 Å². The highest BCUT2D eigenvalue weighted by Gasteiger charge is 2.32. The molecule has 0 saturated carbocycles. The van der Waals surface area contributed by atoms with Crippen molar-refractivity contribution in [2.45, 2.75) is 58.4 Å². The Kier molecular flexibility index (Phi) is 18.3. The number of benzene rings is 3. The van der Waals surface area contributed by atoms with Crippen LogP contribution in [-0.4, -0.2) is 156 Å². The van der Waals surface area contributed by atoms with Gasteiger partial charge >= 0.3 is 11.9 Å². The molecule has 17 nitrogen and oxygen atoms in total. The molecular weight excluding hydrogens is 986 g/mol. The van der Waals surface area contributed by atoms with E-state index in [2.05, 4.69) is 122 Å². The summed E-state index contributed by atoms with van der Waals surface area (Å²) < 4.78 is 4.38. The van der Waals surface area contributed by atoms with Crippen LogP contribution in [0.25, 0.3) is 44.3 Å². The fraction of sp³-hybridized carbons (Fsp3) is 0.382. The summed E-state index contributed by atoms with van der Waals surface area (Å²) in [6, 6.07) is 27.7. The summed E-state index contributed by atoms with van der Waals surface area (Å²) in [5.74, 6) is -3.81. The number of aromatic nitrogens is 4. The first-order chi connectivity index (χ1) is 34.4. The number of carboxylic acid groups (broad SMARTS) is 2. The molecule has 2 saturated heterocycles. The molecule has 0 aliphatic carbocycles. The number of rotatable bonds is 17. The van der Waals surface area contributed by atoms with Gasteiger partial charge in [-0.05, 0) is 94.1 Å². The van der Waals surface area contributed by atoms with E-state index in [9.17, 15) is 39.6 Å². The van der Waals surface area contributed by atoms with Gasteiger partial charge in [-0.2, -0.15) is 0 Å². The lowest BCUT2D eigenvalue weighted by Crippen LogP contribution is -2.58. The van der Waals surface area contributed by atoms with Gasteiger partial charge in [0, 0.05) is 129 Å². The molecule has 7 aromatic rings. The lowest BCUT2D eigenvalue weighted by Gasteiger charge is -2.44. The van der Waals surface area contributed by atoms with Crippen LogP contribution in [0, 0.1) is 0 Å². The van der Waals surface area contributed by atoms with Crippen LogP contribution < -0.4 is 11.1 Å². The molecule has 2 fully saturated rings. The van der Waals surface area contributed by atoms with E-state index in [4.69, 9.17) is 0 Å². The van der Waals surface area contributed by atoms with Crippen LogP contribution in [-0.2, 0) is 46.6 Å². The molecule has 6 N–H and O–H groups in total. The quantitative estimate of drug-likeness (QED) is 0.0554. The van der Waals surface area contributed by atoms with Crippen molar-refractivity contribution >= 4 is 58.6 Å². The van der Waals surface area contributed by atoms with E-state index in [0.29, 0.717) is 47.4 Å². The summed E-state index contributed by atoms with van der Waals surface area (Å²) in [6.45, 7) is 12.6. The van der Waals surface area contributed by atoms with E-state index < -0.39 is 45.7 Å². The third-order valence-electron chi connectivity index (χ3n) is 14.6. The number of aromatic carboxylic acids is 2. The number of fused-ring (bicyclic) bond motifs is 2. The molecule has 0 radical (unpaired) electrons. The average Bonchev–Trinajstić information content (AvgIpc) is 3.80. The molecule has 2 aliphatic rings. The monoisotopic (exact) mass is 1050 g/mol. The van der Waals surface area contributed by atoms with E-state index in [1.807, 2.05) is 56.3 Å². The van der Waals surface area contributed by atoms with E-state index in [0.717, 1.165) is 91.8 Å². The Morgan fingerprint density at radius 2 is 1.03 bits per heavy atom. The molecular formula is C55H69Cl2N9O8. The Morgan fingerprint density at radius 1 is 0.608 bits per heavy atom. The van der Waals surface area contributed by atoms with Gasteiger partial charge in [0.15, 0.2) is 11.1 Å². The van der Waals surface area contributed by atoms with Crippen molar-refractivity contribution < 1.29 is 30.0 Å². The van der Waals surface area contributed by atoms with Crippen LogP contribution >= 0.6 is 24.8 Å². The van der Waals surface area contributed by atoms with Gasteiger partial charge in [0.25, 0.3) is 11.1 Å². The van der Waals surface area contributed by atoms with Crippen molar-refractivity contribution in [2.24, 2.45) is 14.1 Å². The Hall–Kier alpha value is -6.44. The van der Waals surface area contributed by atoms with Gasteiger partial charge in [0.05, 0.1) is 11.4 Å². The fourth-order valence-corrected chi connectivity index (χ4v) is 10.2. The molecule has 2 aliphatic heterocycles. The lowest BCUT2D eigenvalue weighted by molar-refractivity contribution is 0.0381. The van der Waals surface area contributed by atoms with Crippen LogP contribution in [0.5, 0.6) is 11.5 Å². The minimum absolute atomic E-state index is 0. The zero-order valence-corrected chi connectivity index (χ0v) is 44.9. The zero-order valence-electron chi connectivity index (χ0n) is 43.3. The molecule has 0 atom stereocenters. The van der Waals surface area contributed by atoms with E-state index in [-0.39, 0.29) is 24.8 Å². The Bertz CT molecular complexity index is 3260. The minimum atomic E-state index is -1.44. The Balaban J connectivity index is 0.000000235. The Labute approximate surface area is 443 Å². The van der Waals surface area contributed by atoms with E-state index in [1.165, 1.54) is 17.0 Å². The molecule has 6 heterocycles. The zero-order chi connectivity index (χ0) is 51.7. The van der Waals surface area contributed by atoms with Crippen molar-refractivity contribution in [1.82, 2.24) is 43.6 Å². The van der Waals surface area contributed by atoms with Gasteiger partial charge < -0.3 is 44.4 Å². The maximum absolute atomic E-state index is 12.4. The summed E-state index contributed by atoms with van der Waals surface area (Å²) in [5.41, 5.74) is 6.25. The molecule has 4 aromatic heterocycles. The SMILES string of the molecule is CCc1c(-c2ccc3c(c2)cc(CN2CC(N(C)CCN(C)C)C2)n3C)[nH]c(=O)c(C(=O)O)c1O.CCc1c(-c2ccc3c(c2)cc(CN2CC(N(C)Cc4ccccc4)C2)n3C)[nH]c(=O)c(C(=O)O)c1O.Cl.Cl. The lowest BCUT2D eigenvalue weighted by atomic mass is 9.99. The molecule has 19 heteroatoms. The van der Waals surface area contributed by atoms with Gasteiger partial charge in [-0.15, -0.1) is 24.8 Å². The number of nitrogens with one attached hydrogen (secondary N) is 2. The maximum Gasteiger partial charge on any atom is 0.345 e. The highest BCUT2D eigenvalue weighted by Crippen LogP contribution is 2.35. The van der Waals surface area contributed by atoms with Gasteiger partial charge in [0.1, 0.15) is 11.5 Å². The third kappa shape index (κ3) is 11.7. The van der Waals surface area contributed by atoms with Crippen molar-refractivity contribution in [3.05, 3.63) is 139 Å². The van der Waals surface area contributed by atoms with Gasteiger partial charge in [-0.1, -0.05) is 56.3 Å². The number of aryl methyl sites for hydroxylation is 2. The maximum atomic E-state index is 12.4. The van der Waals surface area contributed by atoms with Crippen molar-refractivity contribution in [1.29, 1.82) is 0 Å². The smallest absolute Gasteiger partial charge is 0.345 e. The number of hydrogen-bond donors (Lipinski definition) is 6. The van der Waals surface area contributed by atoms with Crippen LogP contribution in [0.1, 0.15) is 62.6 Å². The molecule has 396 valence electrons. The molecule has 0 unspecified atom stereocenters. The summed E-state index contributed by atoms with van der Waals surface area (Å²) in [4.78, 5) is 64.9. The van der Waals surface area contributed by atoms with Gasteiger partial charge in [-0.3, -0.25) is 29.2 Å². The molecule has 3 aromatic carbocycles. The van der Waals surface area contributed by atoms with Crippen LogP contribution in [0.2, 0.25) is 0 Å². The predicted molar refractivity (Wildman–Crippen MR) is 296 cm³/mol. The second-order valence-corrected chi connectivity index (χ2v) is 19.7. The number of halogens is 2. The second-order valence-electron chi connectivity index (χ2n) is 19.7. The molecule has 0 bridgehead atoms. The first-order valence-corrected chi connectivity index (χ1v) is 24.5. The van der Waals surface area contributed by atoms with Crippen molar-refractivity contribution in [3.8, 4) is 34.0 Å². The Morgan fingerprint density at radius 3 is 1.42 bits per heavy atom. The summed E-state index contributed by atoms with van der Waals surface area (Å²) >= 11 is 0. The van der Waals surface area contributed by atoms with Crippen molar-refractivity contribution in [2.75, 3.05) is 67.5 Å². The average molecular weight is 1060 g/mol. The number of pyridine rings is 2. The normalized spacial score (nSPS) is 14.2. The number of aromatic amines is 2. The van der Waals surface area contributed by atoms with E-state index in [1.54, 1.807) is 0 Å². The number of likely N-dealkylation sites (N-methyl/N-ethyl adjacent to an activating group) is 3. The number of carbonyl (C=O) groups is 2. The summed E-state index contributed by atoms with van der Waals surface area (Å²) in [7, 11) is 12.7. The molecule has 0 amide bonds. The first kappa shape index (κ1) is 56.8. The van der Waals surface area contributed by atoms with Crippen LogP contribution in [0.4, 0.5) is 0 Å². The number of aromatic hydroxyl groups is 2. The van der Waals surface area contributed by atoms with Gasteiger partial charge in [-0.25, -0.2) is 9.59 Å². The number of H-pyrrole nitrogens is 2. The van der Waals surface area contributed by atoms with Crippen LogP contribution in [0.15, 0.2) is 88.5 Å². The largest absolute Gasteiger partial charge is 0.506 e. The molecule has 9 rings (SSSR count). The van der Waals surface area contributed by atoms with Gasteiger partial charge in [0.2, 0.25) is 0 Å². The first-order valence-electron chi connectivity index (χ1n) is 24.5. The number of hydrogen-bond acceptors (Lipinski definition) is 11. The summed E-state index contributed by atoms with van der Waals surface area (Å²) in [6.07, 6.45) is 0.764. The predicted octanol–water partition coefficient (Wildman–Crippen LogP) is 6.84. The van der Waals surface area contributed by atoms with Crippen LogP contribution in [0.3, 0.4) is 0 Å². The summed E-state index contributed by atoms with van der Waals surface area (Å²) in [5, 5.41) is 41.7. The molecule has 0 spiro atoms. The van der Waals surface area contributed by atoms with E-state index >= 15 is 0 Å². The topological polar surface area (TPSA) is 207 Å². The minimum Gasteiger partial charge on any atom is -0.506 e.